The van der Waals surface area contributed by atoms with Crippen LogP contribution in [0.25, 0.3) is 10.9 Å². The first-order chi connectivity index (χ1) is 15.1. The number of aryl methyl sites for hydroxylation is 1. The van der Waals surface area contributed by atoms with E-state index in [1.807, 2.05) is 66.9 Å². The van der Waals surface area contributed by atoms with Crippen molar-refractivity contribution in [1.82, 2.24) is 10.3 Å². The monoisotopic (exact) mass is 414 g/mol. The van der Waals surface area contributed by atoms with Gasteiger partial charge in [-0.3, -0.25) is 4.79 Å². The lowest BCUT2D eigenvalue weighted by Crippen LogP contribution is -2.38. The Morgan fingerprint density at radius 2 is 1.84 bits per heavy atom. The molecule has 0 saturated carbocycles. The van der Waals surface area contributed by atoms with E-state index < -0.39 is 12.0 Å². The van der Waals surface area contributed by atoms with E-state index in [0.717, 1.165) is 33.3 Å². The van der Waals surface area contributed by atoms with E-state index in [1.165, 1.54) is 5.56 Å². The number of carboxylic acid groups (broad SMARTS) is 1. The molecule has 31 heavy (non-hydrogen) atoms. The molecule has 5 heteroatoms. The lowest BCUT2D eigenvalue weighted by molar-refractivity contribution is -0.139. The van der Waals surface area contributed by atoms with Crippen LogP contribution in [0.15, 0.2) is 79.0 Å². The van der Waals surface area contributed by atoms with Crippen LogP contribution in [0.2, 0.25) is 0 Å². The summed E-state index contributed by atoms with van der Waals surface area (Å²) in [6, 6.07) is 23.2. The molecular formula is C26H26N2O3. The molecule has 0 unspecified atom stereocenters. The third-order valence-corrected chi connectivity index (χ3v) is 5.34. The Bertz CT molecular complexity index is 1180. The first kappa shape index (κ1) is 20.7. The van der Waals surface area contributed by atoms with Crippen molar-refractivity contribution in [3.63, 3.8) is 0 Å². The molecule has 0 spiro atoms. The Hall–Kier alpha value is -3.57. The SMILES string of the molecule is Cc1cccc(COc2cccc(CN[C@H](Cc3c[nH]c4ccccc34)C(=O)O)c2)c1. The number of carbonyl (C=O) groups is 1. The fourth-order valence-electron chi connectivity index (χ4n) is 3.72. The summed E-state index contributed by atoms with van der Waals surface area (Å²) in [6.45, 7) is 3.00. The van der Waals surface area contributed by atoms with E-state index >= 15 is 0 Å². The number of rotatable bonds is 9. The number of ether oxygens (including phenoxy) is 1. The highest BCUT2D eigenvalue weighted by Crippen LogP contribution is 2.20. The minimum absolute atomic E-state index is 0.406. The fourth-order valence-corrected chi connectivity index (χ4v) is 3.72. The van der Waals surface area contributed by atoms with Crippen molar-refractivity contribution in [2.75, 3.05) is 0 Å². The van der Waals surface area contributed by atoms with E-state index in [0.29, 0.717) is 19.6 Å². The zero-order valence-corrected chi connectivity index (χ0v) is 17.5. The van der Waals surface area contributed by atoms with E-state index in [9.17, 15) is 9.90 Å². The number of hydrogen-bond donors (Lipinski definition) is 3. The normalized spacial score (nSPS) is 12.0. The van der Waals surface area contributed by atoms with Gasteiger partial charge in [0, 0.05) is 30.1 Å². The van der Waals surface area contributed by atoms with Crippen molar-refractivity contribution in [1.29, 1.82) is 0 Å². The highest BCUT2D eigenvalue weighted by Gasteiger charge is 2.19. The second kappa shape index (κ2) is 9.49. The molecule has 3 N–H and O–H groups in total. The smallest absolute Gasteiger partial charge is 0.321 e. The number of aromatic nitrogens is 1. The van der Waals surface area contributed by atoms with Crippen molar-refractivity contribution in [3.8, 4) is 5.75 Å². The number of H-pyrrole nitrogens is 1. The van der Waals surface area contributed by atoms with Gasteiger partial charge in [0.2, 0.25) is 0 Å². The van der Waals surface area contributed by atoms with Gasteiger partial charge < -0.3 is 20.1 Å². The van der Waals surface area contributed by atoms with Crippen LogP contribution in [0.4, 0.5) is 0 Å². The minimum atomic E-state index is -0.864. The lowest BCUT2D eigenvalue weighted by atomic mass is 10.0. The van der Waals surface area contributed by atoms with Gasteiger partial charge in [-0.15, -0.1) is 0 Å². The molecule has 4 rings (SSSR count). The van der Waals surface area contributed by atoms with Crippen LogP contribution in [0.5, 0.6) is 5.75 Å². The van der Waals surface area contributed by atoms with Crippen molar-refractivity contribution in [2.45, 2.75) is 32.5 Å². The first-order valence-electron chi connectivity index (χ1n) is 10.4. The summed E-state index contributed by atoms with van der Waals surface area (Å²) < 4.78 is 5.93. The van der Waals surface area contributed by atoms with E-state index in [-0.39, 0.29) is 0 Å². The molecule has 4 aromatic rings. The van der Waals surface area contributed by atoms with Crippen LogP contribution >= 0.6 is 0 Å². The third kappa shape index (κ3) is 5.32. The topological polar surface area (TPSA) is 74.3 Å². The number of carboxylic acids is 1. The maximum Gasteiger partial charge on any atom is 0.321 e. The predicted octanol–water partition coefficient (Wildman–Crippen LogP) is 4.84. The quantitative estimate of drug-likeness (QED) is 0.366. The standard InChI is InChI=1S/C26H26N2O3/c1-18-6-4-8-20(12-18)17-31-22-9-5-7-19(13-22)15-27-25(26(29)30)14-21-16-28-24-11-3-2-10-23(21)24/h2-13,16,25,27-28H,14-15,17H2,1H3,(H,29,30)/t25-/m1/s1. The molecule has 158 valence electrons. The van der Waals surface area contributed by atoms with Gasteiger partial charge >= 0.3 is 5.97 Å². The number of para-hydroxylation sites is 1. The van der Waals surface area contributed by atoms with Gasteiger partial charge in [-0.25, -0.2) is 0 Å². The Morgan fingerprint density at radius 3 is 2.68 bits per heavy atom. The Labute approximate surface area is 181 Å². The zero-order chi connectivity index (χ0) is 21.6. The lowest BCUT2D eigenvalue weighted by Gasteiger charge is -2.15. The third-order valence-electron chi connectivity index (χ3n) is 5.34. The van der Waals surface area contributed by atoms with E-state index in [1.54, 1.807) is 0 Å². The molecule has 0 amide bonds. The van der Waals surface area contributed by atoms with Crippen molar-refractivity contribution in [2.24, 2.45) is 0 Å². The van der Waals surface area contributed by atoms with E-state index in [2.05, 4.69) is 29.4 Å². The minimum Gasteiger partial charge on any atom is -0.489 e. The molecule has 0 fully saturated rings. The molecule has 0 aliphatic carbocycles. The maximum absolute atomic E-state index is 11.8. The molecule has 0 radical (unpaired) electrons. The van der Waals surface area contributed by atoms with Crippen LogP contribution in [-0.4, -0.2) is 22.1 Å². The summed E-state index contributed by atoms with van der Waals surface area (Å²) in [5.74, 6) is -0.0959. The Morgan fingerprint density at radius 1 is 1.03 bits per heavy atom. The molecular weight excluding hydrogens is 388 g/mol. The zero-order valence-electron chi connectivity index (χ0n) is 17.5. The van der Waals surface area contributed by atoms with Gasteiger partial charge in [-0.05, 0) is 41.8 Å². The average molecular weight is 415 g/mol. The second-order valence-electron chi connectivity index (χ2n) is 7.76. The van der Waals surface area contributed by atoms with Gasteiger partial charge in [-0.1, -0.05) is 60.2 Å². The molecule has 1 aromatic heterocycles. The second-order valence-corrected chi connectivity index (χ2v) is 7.76. The number of aromatic amines is 1. The average Bonchev–Trinajstić information content (AvgIpc) is 3.18. The molecule has 0 saturated heterocycles. The largest absolute Gasteiger partial charge is 0.489 e. The van der Waals surface area contributed by atoms with Crippen molar-refractivity contribution < 1.29 is 14.6 Å². The van der Waals surface area contributed by atoms with Crippen molar-refractivity contribution >= 4 is 16.9 Å². The van der Waals surface area contributed by atoms with Crippen LogP contribution in [0.3, 0.4) is 0 Å². The summed E-state index contributed by atoms with van der Waals surface area (Å²) in [6.07, 6.45) is 2.30. The summed E-state index contributed by atoms with van der Waals surface area (Å²) in [5, 5.41) is 13.9. The van der Waals surface area contributed by atoms with Gasteiger partial charge in [0.05, 0.1) is 0 Å². The molecule has 1 heterocycles. The molecule has 0 aliphatic heterocycles. The van der Waals surface area contributed by atoms with Gasteiger partial charge in [0.15, 0.2) is 0 Å². The van der Waals surface area contributed by atoms with Crippen LogP contribution in [0, 0.1) is 6.92 Å². The molecule has 3 aromatic carbocycles. The highest BCUT2D eigenvalue weighted by atomic mass is 16.5. The van der Waals surface area contributed by atoms with E-state index in [4.69, 9.17) is 4.74 Å². The number of fused-ring (bicyclic) bond motifs is 1. The number of benzene rings is 3. The summed E-state index contributed by atoms with van der Waals surface area (Å²) in [4.78, 5) is 15.0. The van der Waals surface area contributed by atoms with Crippen LogP contribution < -0.4 is 10.1 Å². The summed E-state index contributed by atoms with van der Waals surface area (Å²) in [5.41, 5.74) is 5.31. The number of hydrogen-bond acceptors (Lipinski definition) is 3. The van der Waals surface area contributed by atoms with Crippen molar-refractivity contribution in [3.05, 3.63) is 101 Å². The summed E-state index contributed by atoms with van der Waals surface area (Å²) >= 11 is 0. The Kier molecular flexibility index (Phi) is 6.34. The number of nitrogens with one attached hydrogen (secondary N) is 2. The molecule has 0 aliphatic rings. The summed E-state index contributed by atoms with van der Waals surface area (Å²) in [7, 11) is 0. The molecule has 1 atom stereocenters. The van der Waals surface area contributed by atoms with Gasteiger partial charge in [0.1, 0.15) is 18.4 Å². The molecule has 0 bridgehead atoms. The number of aliphatic carboxylic acids is 1. The van der Waals surface area contributed by atoms with Crippen LogP contribution in [0.1, 0.15) is 22.3 Å². The predicted molar refractivity (Wildman–Crippen MR) is 122 cm³/mol. The fraction of sp³-hybridized carbons (Fsp3) is 0.192. The molecule has 5 nitrogen and oxygen atoms in total. The first-order valence-corrected chi connectivity index (χ1v) is 10.4. The van der Waals surface area contributed by atoms with Gasteiger partial charge in [-0.2, -0.15) is 0 Å². The highest BCUT2D eigenvalue weighted by molar-refractivity contribution is 5.84. The maximum atomic E-state index is 11.8. The van der Waals surface area contributed by atoms with Crippen LogP contribution in [-0.2, 0) is 24.4 Å². The Balaban J connectivity index is 1.38. The van der Waals surface area contributed by atoms with Gasteiger partial charge in [0.25, 0.3) is 0 Å².